The lowest BCUT2D eigenvalue weighted by Gasteiger charge is -2.22. The summed E-state index contributed by atoms with van der Waals surface area (Å²) < 4.78 is 13.7. The molecular formula is C15H13BrFNO2. The molecule has 0 aromatic heterocycles. The number of phenolic OH excluding ortho intramolecular Hbond substituents is 1. The minimum absolute atomic E-state index is 0.0760. The minimum Gasteiger partial charge on any atom is -0.508 e. The largest absolute Gasteiger partial charge is 0.508 e. The van der Waals surface area contributed by atoms with Crippen molar-refractivity contribution in [1.82, 2.24) is 0 Å². The van der Waals surface area contributed by atoms with E-state index in [2.05, 4.69) is 15.9 Å². The predicted octanol–water partition coefficient (Wildman–Crippen LogP) is 3.96. The average molecular weight is 338 g/mol. The molecule has 0 radical (unpaired) electrons. The monoisotopic (exact) mass is 337 g/mol. The number of amides is 1. The summed E-state index contributed by atoms with van der Waals surface area (Å²) in [4.78, 5) is 14.0. The molecule has 0 fully saturated rings. The number of nitrogens with zero attached hydrogens (tertiary/aromatic N) is 1. The number of phenols is 1. The standard InChI is InChI=1S/C15H13BrFNO2/c1-2-18(10-5-3-6-11(19)9-10)15(20)12-7-4-8-13(17)14(12)16/h3-9,19H,2H2,1H3. The van der Waals surface area contributed by atoms with Crippen LogP contribution in [0.5, 0.6) is 5.75 Å². The molecule has 2 rings (SSSR count). The quantitative estimate of drug-likeness (QED) is 0.920. The molecule has 0 saturated heterocycles. The molecule has 3 nitrogen and oxygen atoms in total. The van der Waals surface area contributed by atoms with E-state index in [0.717, 1.165) is 0 Å². The highest BCUT2D eigenvalue weighted by Crippen LogP contribution is 2.26. The summed E-state index contributed by atoms with van der Waals surface area (Å²) >= 11 is 3.09. The molecule has 5 heteroatoms. The van der Waals surface area contributed by atoms with Crippen LogP contribution in [0.15, 0.2) is 46.9 Å². The number of hydrogen-bond acceptors (Lipinski definition) is 2. The third-order valence-corrected chi connectivity index (χ3v) is 3.69. The molecule has 0 aliphatic heterocycles. The van der Waals surface area contributed by atoms with Crippen LogP contribution in [0.3, 0.4) is 0 Å². The van der Waals surface area contributed by atoms with Crippen molar-refractivity contribution in [1.29, 1.82) is 0 Å². The zero-order valence-electron chi connectivity index (χ0n) is 10.8. The molecule has 0 atom stereocenters. The number of halogens is 2. The van der Waals surface area contributed by atoms with Gasteiger partial charge < -0.3 is 10.0 Å². The van der Waals surface area contributed by atoms with Gasteiger partial charge in [-0.15, -0.1) is 0 Å². The van der Waals surface area contributed by atoms with Crippen molar-refractivity contribution in [2.75, 3.05) is 11.4 Å². The number of aromatic hydroxyl groups is 1. The number of hydrogen-bond donors (Lipinski definition) is 1. The molecule has 2 aromatic carbocycles. The Labute approximate surface area is 124 Å². The first-order chi connectivity index (χ1) is 9.54. The zero-order valence-corrected chi connectivity index (χ0v) is 12.4. The molecule has 20 heavy (non-hydrogen) atoms. The van der Waals surface area contributed by atoms with E-state index in [1.54, 1.807) is 18.2 Å². The van der Waals surface area contributed by atoms with Crippen LogP contribution in [-0.2, 0) is 0 Å². The van der Waals surface area contributed by atoms with E-state index in [1.807, 2.05) is 6.92 Å². The summed E-state index contributed by atoms with van der Waals surface area (Å²) in [6.07, 6.45) is 0. The lowest BCUT2D eigenvalue weighted by Crippen LogP contribution is -2.31. The Hall–Kier alpha value is -1.88. The van der Waals surface area contributed by atoms with Crippen molar-refractivity contribution < 1.29 is 14.3 Å². The Morgan fingerprint density at radius 2 is 2.00 bits per heavy atom. The van der Waals surface area contributed by atoms with E-state index in [-0.39, 0.29) is 21.7 Å². The number of benzene rings is 2. The lowest BCUT2D eigenvalue weighted by molar-refractivity contribution is 0.0987. The van der Waals surface area contributed by atoms with Crippen molar-refractivity contribution in [3.63, 3.8) is 0 Å². The van der Waals surface area contributed by atoms with Gasteiger partial charge in [-0.2, -0.15) is 0 Å². The second-order valence-corrected chi connectivity index (χ2v) is 4.96. The van der Waals surface area contributed by atoms with Gasteiger partial charge in [-0.1, -0.05) is 12.1 Å². The van der Waals surface area contributed by atoms with Gasteiger partial charge in [0.15, 0.2) is 0 Å². The maximum atomic E-state index is 13.5. The van der Waals surface area contributed by atoms with E-state index in [0.29, 0.717) is 12.2 Å². The third-order valence-electron chi connectivity index (χ3n) is 2.88. The van der Waals surface area contributed by atoms with Gasteiger partial charge >= 0.3 is 0 Å². The van der Waals surface area contributed by atoms with Crippen LogP contribution in [0.25, 0.3) is 0 Å². The predicted molar refractivity (Wildman–Crippen MR) is 79.6 cm³/mol. The highest BCUT2D eigenvalue weighted by Gasteiger charge is 2.20. The van der Waals surface area contributed by atoms with Crippen LogP contribution < -0.4 is 4.90 Å². The Balaban J connectivity index is 2.42. The number of carbonyl (C=O) groups excluding carboxylic acids is 1. The highest BCUT2D eigenvalue weighted by molar-refractivity contribution is 9.10. The van der Waals surface area contributed by atoms with Gasteiger partial charge in [-0.25, -0.2) is 4.39 Å². The van der Waals surface area contributed by atoms with Crippen molar-refractivity contribution in [2.24, 2.45) is 0 Å². The first-order valence-corrected chi connectivity index (χ1v) is 6.88. The van der Waals surface area contributed by atoms with E-state index >= 15 is 0 Å². The van der Waals surface area contributed by atoms with Crippen LogP contribution in [-0.4, -0.2) is 17.6 Å². The average Bonchev–Trinajstić information content (AvgIpc) is 2.42. The molecule has 0 unspecified atom stereocenters. The van der Waals surface area contributed by atoms with Crippen LogP contribution in [0, 0.1) is 5.82 Å². The van der Waals surface area contributed by atoms with E-state index < -0.39 is 5.82 Å². The second-order valence-electron chi connectivity index (χ2n) is 4.17. The maximum Gasteiger partial charge on any atom is 0.259 e. The first-order valence-electron chi connectivity index (χ1n) is 6.09. The summed E-state index contributed by atoms with van der Waals surface area (Å²) in [6.45, 7) is 2.22. The van der Waals surface area contributed by atoms with Crippen LogP contribution in [0.1, 0.15) is 17.3 Å². The molecule has 0 aliphatic carbocycles. The minimum atomic E-state index is -0.484. The van der Waals surface area contributed by atoms with Crippen LogP contribution in [0.4, 0.5) is 10.1 Å². The second kappa shape index (κ2) is 6.05. The van der Waals surface area contributed by atoms with Crippen molar-refractivity contribution in [3.8, 4) is 5.75 Å². The molecule has 0 aliphatic rings. The fourth-order valence-electron chi connectivity index (χ4n) is 1.92. The topological polar surface area (TPSA) is 40.5 Å². The number of rotatable bonds is 3. The van der Waals surface area contributed by atoms with E-state index in [1.165, 1.54) is 29.2 Å². The van der Waals surface area contributed by atoms with Gasteiger partial charge in [0.25, 0.3) is 5.91 Å². The summed E-state index contributed by atoms with van der Waals surface area (Å²) in [7, 11) is 0. The van der Waals surface area contributed by atoms with Gasteiger partial charge in [-0.3, -0.25) is 4.79 Å². The third kappa shape index (κ3) is 2.82. The molecule has 0 bridgehead atoms. The van der Waals surface area contributed by atoms with Gasteiger partial charge in [-0.05, 0) is 47.1 Å². The molecular weight excluding hydrogens is 325 g/mol. The number of anilines is 1. The van der Waals surface area contributed by atoms with Crippen molar-refractivity contribution >= 4 is 27.5 Å². The zero-order chi connectivity index (χ0) is 14.7. The Morgan fingerprint density at radius 1 is 1.30 bits per heavy atom. The van der Waals surface area contributed by atoms with Crippen LogP contribution in [0.2, 0.25) is 0 Å². The molecule has 1 amide bonds. The van der Waals surface area contributed by atoms with Crippen molar-refractivity contribution in [3.05, 3.63) is 58.3 Å². The molecule has 0 heterocycles. The normalized spacial score (nSPS) is 10.3. The van der Waals surface area contributed by atoms with Gasteiger partial charge in [0.2, 0.25) is 0 Å². The fraction of sp³-hybridized carbons (Fsp3) is 0.133. The molecule has 104 valence electrons. The summed E-state index contributed by atoms with van der Waals surface area (Å²) in [6, 6.07) is 10.7. The van der Waals surface area contributed by atoms with E-state index in [4.69, 9.17) is 0 Å². The SMILES string of the molecule is CCN(C(=O)c1cccc(F)c1Br)c1cccc(O)c1. The molecule has 2 aromatic rings. The summed E-state index contributed by atoms with van der Waals surface area (Å²) in [5.74, 6) is -0.737. The molecule has 1 N–H and O–H groups in total. The molecule has 0 spiro atoms. The van der Waals surface area contributed by atoms with E-state index in [9.17, 15) is 14.3 Å². The first kappa shape index (κ1) is 14.5. The Morgan fingerprint density at radius 3 is 2.65 bits per heavy atom. The maximum absolute atomic E-state index is 13.5. The molecule has 0 saturated carbocycles. The smallest absolute Gasteiger partial charge is 0.259 e. The summed E-state index contributed by atoms with van der Waals surface area (Å²) in [5.41, 5.74) is 0.809. The van der Waals surface area contributed by atoms with Gasteiger partial charge in [0.1, 0.15) is 11.6 Å². The van der Waals surface area contributed by atoms with Gasteiger partial charge in [0.05, 0.1) is 10.0 Å². The lowest BCUT2D eigenvalue weighted by atomic mass is 10.1. The number of carbonyl (C=O) groups is 1. The van der Waals surface area contributed by atoms with Crippen LogP contribution >= 0.6 is 15.9 Å². The highest BCUT2D eigenvalue weighted by atomic mass is 79.9. The fourth-order valence-corrected chi connectivity index (χ4v) is 2.35. The van der Waals surface area contributed by atoms with Crippen molar-refractivity contribution in [2.45, 2.75) is 6.92 Å². The summed E-state index contributed by atoms with van der Waals surface area (Å²) in [5, 5.41) is 9.50. The van der Waals surface area contributed by atoms with Gasteiger partial charge in [0, 0.05) is 18.3 Å². The Bertz CT molecular complexity index is 646. The Kier molecular flexibility index (Phi) is 4.39.